The molecule has 1 atom stereocenters. The van der Waals surface area contributed by atoms with E-state index >= 15 is 0 Å². The number of anilines is 1. The number of carbonyl (C=O) groups excluding carboxylic acids is 1. The first kappa shape index (κ1) is 22.8. The van der Waals surface area contributed by atoms with Crippen LogP contribution in [-0.2, 0) is 0 Å². The Balaban J connectivity index is 1.66. The van der Waals surface area contributed by atoms with E-state index in [0.717, 1.165) is 11.1 Å². The van der Waals surface area contributed by atoms with Gasteiger partial charge in [-0.05, 0) is 73.9 Å². The summed E-state index contributed by atoms with van der Waals surface area (Å²) in [5.41, 5.74) is 5.55. The number of aryl methyl sites for hydroxylation is 2. The Labute approximate surface area is 207 Å². The fourth-order valence-electron chi connectivity index (χ4n) is 4.18. The Hall–Kier alpha value is -3.97. The Morgan fingerprint density at radius 1 is 1.00 bits per heavy atom. The number of nitrogens with zero attached hydrogens (tertiary/aromatic N) is 3. The molecular weight excluding hydrogens is 467 g/mol. The van der Waals surface area contributed by atoms with E-state index in [1.165, 1.54) is 12.1 Å². The van der Waals surface area contributed by atoms with Crippen molar-refractivity contribution in [2.75, 3.05) is 4.90 Å². The summed E-state index contributed by atoms with van der Waals surface area (Å²) in [4.78, 5) is 19.5. The molecule has 1 unspecified atom stereocenters. The van der Waals surface area contributed by atoms with Crippen molar-refractivity contribution in [2.24, 2.45) is 0 Å². The lowest BCUT2D eigenvalue weighted by Gasteiger charge is -2.35. The molecule has 0 bridgehead atoms. The normalized spacial score (nSPS) is 16.0. The van der Waals surface area contributed by atoms with E-state index in [0.29, 0.717) is 38.9 Å². The van der Waals surface area contributed by atoms with Crippen LogP contribution >= 0.6 is 11.6 Å². The second kappa shape index (κ2) is 9.00. The molecule has 1 aliphatic rings. The predicted molar refractivity (Wildman–Crippen MR) is 133 cm³/mol. The number of halogens is 2. The third-order valence-corrected chi connectivity index (χ3v) is 6.41. The summed E-state index contributed by atoms with van der Waals surface area (Å²) in [6.07, 6.45) is 0. The number of carbonyl (C=O) groups is 1. The third-order valence-electron chi connectivity index (χ3n) is 6.18. The standard InChI is InChI=1S/C27H22ClFN4O2/c1-15-7-12-22(13-16(15)2)33-17(3)23(24(30-27(33)34)18-8-10-21(29)11-9-18)26-31-25(32-35-26)19-5-4-6-20(28)14-19/h4-14,24H,1-3H3,(H,30,34). The number of hydrogen-bond donors (Lipinski definition) is 1. The lowest BCUT2D eigenvalue weighted by Crippen LogP contribution is -2.46. The van der Waals surface area contributed by atoms with E-state index in [2.05, 4.69) is 15.5 Å². The molecule has 6 nitrogen and oxygen atoms in total. The van der Waals surface area contributed by atoms with Gasteiger partial charge in [-0.1, -0.05) is 47.1 Å². The van der Waals surface area contributed by atoms with Crippen molar-refractivity contribution in [3.05, 3.63) is 106 Å². The summed E-state index contributed by atoms with van der Waals surface area (Å²) in [6.45, 7) is 5.85. The monoisotopic (exact) mass is 488 g/mol. The largest absolute Gasteiger partial charge is 0.334 e. The van der Waals surface area contributed by atoms with Gasteiger partial charge in [-0.3, -0.25) is 4.90 Å². The topological polar surface area (TPSA) is 71.3 Å². The van der Waals surface area contributed by atoms with Gasteiger partial charge in [-0.15, -0.1) is 0 Å². The Bertz CT molecular complexity index is 1460. The number of allylic oxidation sites excluding steroid dienone is 1. The highest BCUT2D eigenvalue weighted by molar-refractivity contribution is 6.30. The van der Waals surface area contributed by atoms with Crippen LogP contribution in [0, 0.1) is 19.7 Å². The molecule has 1 aliphatic heterocycles. The SMILES string of the molecule is CC1=C(c2nc(-c3cccc(Cl)c3)no2)C(c2ccc(F)cc2)NC(=O)N1c1ccc(C)c(C)c1. The van der Waals surface area contributed by atoms with Gasteiger partial charge in [0.25, 0.3) is 5.89 Å². The average molecular weight is 489 g/mol. The quantitative estimate of drug-likeness (QED) is 0.341. The van der Waals surface area contributed by atoms with Crippen LogP contribution in [-0.4, -0.2) is 16.2 Å². The lowest BCUT2D eigenvalue weighted by atomic mass is 9.94. The maximum Gasteiger partial charge on any atom is 0.326 e. The molecule has 1 N–H and O–H groups in total. The lowest BCUT2D eigenvalue weighted by molar-refractivity contribution is 0.244. The average Bonchev–Trinajstić information content (AvgIpc) is 3.31. The van der Waals surface area contributed by atoms with Gasteiger partial charge < -0.3 is 9.84 Å². The zero-order valence-corrected chi connectivity index (χ0v) is 20.1. The third kappa shape index (κ3) is 4.31. The molecule has 5 rings (SSSR count). The summed E-state index contributed by atoms with van der Waals surface area (Å²) in [7, 11) is 0. The fourth-order valence-corrected chi connectivity index (χ4v) is 4.37. The molecule has 176 valence electrons. The molecule has 0 saturated carbocycles. The van der Waals surface area contributed by atoms with Gasteiger partial charge in [0.1, 0.15) is 5.82 Å². The Morgan fingerprint density at radius 3 is 2.49 bits per heavy atom. The number of hydrogen-bond acceptors (Lipinski definition) is 4. The van der Waals surface area contributed by atoms with Crippen LogP contribution in [0.25, 0.3) is 17.0 Å². The number of nitrogens with one attached hydrogen (secondary N) is 1. The van der Waals surface area contributed by atoms with Crippen LogP contribution in [0.1, 0.15) is 35.5 Å². The summed E-state index contributed by atoms with van der Waals surface area (Å²) in [6, 6.07) is 18.0. The predicted octanol–water partition coefficient (Wildman–Crippen LogP) is 6.85. The van der Waals surface area contributed by atoms with Crippen LogP contribution in [0.5, 0.6) is 0 Å². The molecule has 35 heavy (non-hydrogen) atoms. The zero-order chi connectivity index (χ0) is 24.7. The first-order chi connectivity index (χ1) is 16.8. The fraction of sp³-hybridized carbons (Fsp3) is 0.148. The van der Waals surface area contributed by atoms with Gasteiger partial charge in [0.15, 0.2) is 0 Å². The first-order valence-electron chi connectivity index (χ1n) is 11.1. The molecule has 0 saturated heterocycles. The van der Waals surface area contributed by atoms with Gasteiger partial charge in [0, 0.05) is 16.3 Å². The van der Waals surface area contributed by atoms with Crippen LogP contribution in [0.4, 0.5) is 14.9 Å². The molecule has 2 amide bonds. The van der Waals surface area contributed by atoms with E-state index in [9.17, 15) is 9.18 Å². The molecule has 0 fully saturated rings. The van der Waals surface area contributed by atoms with Gasteiger partial charge in [-0.2, -0.15) is 4.98 Å². The minimum atomic E-state index is -0.612. The molecular formula is C27H22ClFN4O2. The second-order valence-corrected chi connectivity index (χ2v) is 8.91. The number of aromatic nitrogens is 2. The van der Waals surface area contributed by atoms with E-state index in [1.807, 2.05) is 51.1 Å². The number of urea groups is 1. The molecule has 3 aromatic carbocycles. The summed E-state index contributed by atoms with van der Waals surface area (Å²) >= 11 is 6.14. The molecule has 0 radical (unpaired) electrons. The van der Waals surface area contributed by atoms with Crippen molar-refractivity contribution >= 4 is 28.9 Å². The van der Waals surface area contributed by atoms with E-state index in [4.69, 9.17) is 16.1 Å². The number of rotatable bonds is 4. The van der Waals surface area contributed by atoms with Crippen LogP contribution in [0.15, 0.2) is 77.0 Å². The van der Waals surface area contributed by atoms with Gasteiger partial charge >= 0.3 is 6.03 Å². The van der Waals surface area contributed by atoms with Gasteiger partial charge in [0.05, 0.1) is 17.3 Å². The first-order valence-corrected chi connectivity index (χ1v) is 11.4. The number of amides is 2. The maximum atomic E-state index is 13.6. The summed E-state index contributed by atoms with van der Waals surface area (Å²) in [5.74, 6) is 0.256. The Morgan fingerprint density at radius 2 is 1.77 bits per heavy atom. The molecule has 0 aliphatic carbocycles. The van der Waals surface area contributed by atoms with Gasteiger partial charge in [0.2, 0.25) is 5.82 Å². The van der Waals surface area contributed by atoms with Crippen molar-refractivity contribution in [3.8, 4) is 11.4 Å². The van der Waals surface area contributed by atoms with Gasteiger partial charge in [-0.25, -0.2) is 9.18 Å². The Kier molecular flexibility index (Phi) is 5.86. The minimum absolute atomic E-state index is 0.251. The smallest absolute Gasteiger partial charge is 0.326 e. The van der Waals surface area contributed by atoms with Crippen molar-refractivity contribution < 1.29 is 13.7 Å². The van der Waals surface area contributed by atoms with Crippen LogP contribution in [0.3, 0.4) is 0 Å². The van der Waals surface area contributed by atoms with E-state index in [-0.39, 0.29) is 17.7 Å². The highest BCUT2D eigenvalue weighted by atomic mass is 35.5. The zero-order valence-electron chi connectivity index (χ0n) is 19.3. The van der Waals surface area contributed by atoms with Crippen molar-refractivity contribution in [1.29, 1.82) is 0 Å². The highest BCUT2D eigenvalue weighted by Gasteiger charge is 2.36. The van der Waals surface area contributed by atoms with Crippen molar-refractivity contribution in [1.82, 2.24) is 15.5 Å². The second-order valence-electron chi connectivity index (χ2n) is 8.47. The van der Waals surface area contributed by atoms with Crippen LogP contribution < -0.4 is 10.2 Å². The molecule has 1 aromatic heterocycles. The maximum absolute atomic E-state index is 13.6. The minimum Gasteiger partial charge on any atom is -0.334 e. The molecule has 2 heterocycles. The number of benzene rings is 3. The summed E-state index contributed by atoms with van der Waals surface area (Å²) in [5, 5.41) is 7.74. The van der Waals surface area contributed by atoms with E-state index in [1.54, 1.807) is 29.2 Å². The van der Waals surface area contributed by atoms with E-state index < -0.39 is 6.04 Å². The molecule has 0 spiro atoms. The van der Waals surface area contributed by atoms with Crippen molar-refractivity contribution in [3.63, 3.8) is 0 Å². The van der Waals surface area contributed by atoms with Crippen molar-refractivity contribution in [2.45, 2.75) is 26.8 Å². The van der Waals surface area contributed by atoms with Crippen LogP contribution in [0.2, 0.25) is 5.02 Å². The highest BCUT2D eigenvalue weighted by Crippen LogP contribution is 2.39. The molecule has 8 heteroatoms. The molecule has 4 aromatic rings. The summed E-state index contributed by atoms with van der Waals surface area (Å²) < 4.78 is 19.3.